The smallest absolute Gasteiger partial charge is 0.341 e. The van der Waals surface area contributed by atoms with Crippen LogP contribution in [0.15, 0.2) is 41.9 Å². The summed E-state index contributed by atoms with van der Waals surface area (Å²) in [5.41, 5.74) is 6.00. The molecule has 0 spiro atoms. The van der Waals surface area contributed by atoms with Crippen LogP contribution in [0.2, 0.25) is 0 Å². The summed E-state index contributed by atoms with van der Waals surface area (Å²) in [6.45, 7) is 1.36. The molecule has 2 aromatic heterocycles. The number of nitriles is 1. The first-order valence-corrected chi connectivity index (χ1v) is 11.3. The summed E-state index contributed by atoms with van der Waals surface area (Å²) >= 11 is 0. The average molecular weight is 506 g/mol. The predicted molar refractivity (Wildman–Crippen MR) is 126 cm³/mol. The maximum absolute atomic E-state index is 14.4. The van der Waals surface area contributed by atoms with Crippen molar-refractivity contribution in [3.63, 3.8) is 0 Å². The number of urea groups is 1. The number of benzene rings is 1. The highest BCUT2D eigenvalue weighted by molar-refractivity contribution is 5.92. The van der Waals surface area contributed by atoms with E-state index in [1.807, 2.05) is 6.07 Å². The Morgan fingerprint density at radius 3 is 2.59 bits per heavy atom. The molecule has 2 aliphatic heterocycles. The van der Waals surface area contributed by atoms with Gasteiger partial charge in [-0.05, 0) is 23.8 Å². The molecule has 2 aliphatic rings. The van der Waals surface area contributed by atoms with E-state index in [2.05, 4.69) is 20.2 Å². The van der Waals surface area contributed by atoms with Crippen LogP contribution in [0.3, 0.4) is 0 Å². The minimum atomic E-state index is -0.730. The molecule has 0 saturated carbocycles. The van der Waals surface area contributed by atoms with E-state index in [1.54, 1.807) is 22.1 Å². The number of carbonyl (C=O) groups excluding carboxylic acids is 2. The zero-order valence-electron chi connectivity index (χ0n) is 19.3. The fourth-order valence-corrected chi connectivity index (χ4v) is 4.22. The maximum Gasteiger partial charge on any atom is 0.341 e. The van der Waals surface area contributed by atoms with Gasteiger partial charge in [0, 0.05) is 45.0 Å². The molecule has 12 nitrogen and oxygen atoms in total. The Hall–Kier alpha value is -4.93. The van der Waals surface area contributed by atoms with E-state index in [-0.39, 0.29) is 28.9 Å². The topological polar surface area (TPSA) is 150 Å². The number of hydrazone groups is 1. The van der Waals surface area contributed by atoms with Gasteiger partial charge in [-0.25, -0.2) is 28.3 Å². The van der Waals surface area contributed by atoms with Crippen LogP contribution in [0.25, 0.3) is 5.82 Å². The highest BCUT2D eigenvalue weighted by atomic mass is 19.1. The van der Waals surface area contributed by atoms with E-state index in [0.717, 1.165) is 16.9 Å². The Bertz CT molecular complexity index is 1440. The molecule has 5 rings (SSSR count). The quantitative estimate of drug-likeness (QED) is 0.565. The van der Waals surface area contributed by atoms with E-state index in [0.29, 0.717) is 38.2 Å². The summed E-state index contributed by atoms with van der Waals surface area (Å²) in [6, 6.07) is 5.04. The van der Waals surface area contributed by atoms with Gasteiger partial charge in [-0.1, -0.05) is 0 Å². The Kier molecular flexibility index (Phi) is 6.18. The van der Waals surface area contributed by atoms with Gasteiger partial charge in [-0.15, -0.1) is 0 Å². The first-order valence-electron chi connectivity index (χ1n) is 11.3. The molecule has 188 valence electrons. The van der Waals surface area contributed by atoms with Gasteiger partial charge in [0.1, 0.15) is 5.82 Å². The Labute approximate surface area is 209 Å². The Balaban J connectivity index is 1.27. The zero-order valence-corrected chi connectivity index (χ0v) is 19.3. The third kappa shape index (κ3) is 4.66. The second kappa shape index (κ2) is 9.61. The van der Waals surface area contributed by atoms with E-state index in [1.165, 1.54) is 23.5 Å². The van der Waals surface area contributed by atoms with Crippen molar-refractivity contribution in [1.82, 2.24) is 29.7 Å². The third-order valence-corrected chi connectivity index (χ3v) is 6.09. The minimum absolute atomic E-state index is 0.108. The molecular weight excluding hydrogens is 486 g/mol. The van der Waals surface area contributed by atoms with E-state index < -0.39 is 23.6 Å². The number of nitrogens with zero attached hydrogens (tertiary/aromatic N) is 9. The molecule has 2 N–H and O–H groups in total. The SMILES string of the molecule is N#Cc1cc(F)cc([C@@H]2CC=NN2C(=O)N2CCN(c3ncc(F)c(-n4cc(C(N)=O)cn4)n3)CC2)c1. The van der Waals surface area contributed by atoms with Crippen LogP contribution in [0, 0.1) is 23.0 Å². The summed E-state index contributed by atoms with van der Waals surface area (Å²) < 4.78 is 29.5. The highest BCUT2D eigenvalue weighted by Gasteiger charge is 2.34. The van der Waals surface area contributed by atoms with Crippen molar-refractivity contribution in [3.8, 4) is 11.9 Å². The lowest BCUT2D eigenvalue weighted by Crippen LogP contribution is -2.52. The molecule has 3 aromatic rings. The van der Waals surface area contributed by atoms with Crippen molar-refractivity contribution < 1.29 is 18.4 Å². The molecule has 1 fully saturated rings. The Morgan fingerprint density at radius 1 is 1.11 bits per heavy atom. The fourth-order valence-electron chi connectivity index (χ4n) is 4.22. The van der Waals surface area contributed by atoms with Crippen molar-refractivity contribution in [2.24, 2.45) is 10.8 Å². The largest absolute Gasteiger partial charge is 0.366 e. The van der Waals surface area contributed by atoms with Gasteiger partial charge >= 0.3 is 6.03 Å². The second-order valence-electron chi connectivity index (χ2n) is 8.42. The minimum Gasteiger partial charge on any atom is -0.366 e. The molecule has 1 atom stereocenters. The first kappa shape index (κ1) is 23.8. The van der Waals surface area contributed by atoms with Gasteiger partial charge in [-0.3, -0.25) is 4.79 Å². The van der Waals surface area contributed by atoms with Gasteiger partial charge < -0.3 is 15.5 Å². The lowest BCUT2D eigenvalue weighted by molar-refractivity contribution is 0.1000. The van der Waals surface area contributed by atoms with Gasteiger partial charge in [0.25, 0.3) is 5.91 Å². The van der Waals surface area contributed by atoms with Crippen LogP contribution < -0.4 is 10.6 Å². The van der Waals surface area contributed by atoms with Crippen molar-refractivity contribution in [1.29, 1.82) is 5.26 Å². The molecule has 0 unspecified atom stereocenters. The fraction of sp³-hybridized carbons (Fsp3) is 0.261. The van der Waals surface area contributed by atoms with Gasteiger partial charge in [-0.2, -0.15) is 20.4 Å². The van der Waals surface area contributed by atoms with Crippen molar-refractivity contribution in [3.05, 3.63) is 65.1 Å². The van der Waals surface area contributed by atoms with Crippen molar-refractivity contribution >= 4 is 24.1 Å². The molecule has 14 heteroatoms. The number of carbonyl (C=O) groups is 2. The molecule has 0 aliphatic carbocycles. The van der Waals surface area contributed by atoms with Crippen LogP contribution in [0.5, 0.6) is 0 Å². The number of amides is 3. The molecule has 37 heavy (non-hydrogen) atoms. The second-order valence-corrected chi connectivity index (χ2v) is 8.42. The van der Waals surface area contributed by atoms with Crippen molar-refractivity contribution in [2.45, 2.75) is 12.5 Å². The van der Waals surface area contributed by atoms with E-state index >= 15 is 0 Å². The van der Waals surface area contributed by atoms with Gasteiger partial charge in [0.15, 0.2) is 11.6 Å². The molecular formula is C23H20F2N10O2. The average Bonchev–Trinajstić information content (AvgIpc) is 3.59. The van der Waals surface area contributed by atoms with Crippen LogP contribution in [-0.4, -0.2) is 74.0 Å². The number of halogens is 2. The van der Waals surface area contributed by atoms with Gasteiger partial charge in [0.05, 0.1) is 35.6 Å². The first-order chi connectivity index (χ1) is 17.8. The van der Waals surface area contributed by atoms with E-state index in [4.69, 9.17) is 11.0 Å². The van der Waals surface area contributed by atoms with Crippen LogP contribution in [0.1, 0.15) is 33.9 Å². The summed E-state index contributed by atoms with van der Waals surface area (Å²) in [6.07, 6.45) is 5.49. The van der Waals surface area contributed by atoms with Crippen LogP contribution in [-0.2, 0) is 0 Å². The molecule has 3 amide bonds. The normalized spacial score (nSPS) is 17.2. The van der Waals surface area contributed by atoms with E-state index in [9.17, 15) is 18.4 Å². The number of anilines is 1. The molecule has 0 bridgehead atoms. The number of hydrogen-bond donors (Lipinski definition) is 1. The number of aromatic nitrogens is 4. The molecule has 1 saturated heterocycles. The number of rotatable bonds is 4. The third-order valence-electron chi connectivity index (χ3n) is 6.09. The summed E-state index contributed by atoms with van der Waals surface area (Å²) in [5, 5.41) is 18.6. The maximum atomic E-state index is 14.4. The Morgan fingerprint density at radius 2 is 1.89 bits per heavy atom. The number of nitrogens with two attached hydrogens (primary N) is 1. The number of piperazine rings is 1. The molecule has 1 aromatic carbocycles. The van der Waals surface area contributed by atoms with Crippen LogP contribution >= 0.6 is 0 Å². The summed E-state index contributed by atoms with van der Waals surface area (Å²) in [4.78, 5) is 36.3. The predicted octanol–water partition coefficient (Wildman–Crippen LogP) is 1.59. The summed E-state index contributed by atoms with van der Waals surface area (Å²) in [7, 11) is 0. The molecule has 4 heterocycles. The number of primary amides is 1. The summed E-state index contributed by atoms with van der Waals surface area (Å²) in [5.74, 6) is -1.89. The van der Waals surface area contributed by atoms with Gasteiger partial charge in [0.2, 0.25) is 5.95 Å². The van der Waals surface area contributed by atoms with Crippen LogP contribution in [0.4, 0.5) is 19.5 Å². The number of hydrogen-bond acceptors (Lipinski definition) is 8. The lowest BCUT2D eigenvalue weighted by atomic mass is 10.0. The highest BCUT2D eigenvalue weighted by Crippen LogP contribution is 2.30. The van der Waals surface area contributed by atoms with Crippen molar-refractivity contribution in [2.75, 3.05) is 31.1 Å². The molecule has 0 radical (unpaired) electrons. The standard InChI is InChI=1S/C23H20F2N10O2/c24-17-8-14(10-26)7-15(9-17)19-1-2-29-35(19)23(37)33-5-3-32(4-6-33)22-28-12-18(25)21(31-22)34-13-16(11-30-34)20(27)36/h2,7-9,11-13,19H,1,3-6H2,(H2,27,36)/t19-/m0/s1. The zero-order chi connectivity index (χ0) is 26.1. The lowest BCUT2D eigenvalue weighted by Gasteiger charge is -2.37. The monoisotopic (exact) mass is 506 g/mol.